The second-order valence-electron chi connectivity index (χ2n) is 8.59. The number of rotatable bonds is 3. The van der Waals surface area contributed by atoms with E-state index in [4.69, 9.17) is 4.42 Å². The highest BCUT2D eigenvalue weighted by Gasteiger charge is 2.31. The van der Waals surface area contributed by atoms with Crippen molar-refractivity contribution >= 4 is 5.91 Å². The van der Waals surface area contributed by atoms with Crippen molar-refractivity contribution in [1.29, 1.82) is 0 Å². The third kappa shape index (κ3) is 3.97. The summed E-state index contributed by atoms with van der Waals surface area (Å²) >= 11 is 0. The predicted molar refractivity (Wildman–Crippen MR) is 104 cm³/mol. The minimum Gasteiger partial charge on any atom is -0.437 e. The molecule has 5 nitrogen and oxygen atoms in total. The van der Waals surface area contributed by atoms with Crippen LogP contribution in [-0.2, 0) is 19.5 Å². The molecular formula is C22H28FN3O2. The van der Waals surface area contributed by atoms with Gasteiger partial charge in [0.1, 0.15) is 11.6 Å². The molecule has 0 radical (unpaired) electrons. The van der Waals surface area contributed by atoms with Gasteiger partial charge in [-0.1, -0.05) is 26.0 Å². The highest BCUT2D eigenvalue weighted by molar-refractivity contribution is 5.89. The van der Waals surface area contributed by atoms with Crippen molar-refractivity contribution in [3.8, 4) is 0 Å². The normalized spacial score (nSPS) is 22.9. The van der Waals surface area contributed by atoms with Gasteiger partial charge in [-0.05, 0) is 42.4 Å². The summed E-state index contributed by atoms with van der Waals surface area (Å²) in [6, 6.07) is 5.24. The predicted octanol–water partition coefficient (Wildman–Crippen LogP) is 3.80. The zero-order chi connectivity index (χ0) is 19.8. The quantitative estimate of drug-likeness (QED) is 0.806. The average molecular weight is 385 g/mol. The first-order valence-electron chi connectivity index (χ1n) is 10.1. The number of likely N-dealkylation sites (tertiary alicyclic amines) is 1. The van der Waals surface area contributed by atoms with Crippen LogP contribution in [0.2, 0.25) is 0 Å². The van der Waals surface area contributed by atoms with Crippen molar-refractivity contribution in [3.63, 3.8) is 0 Å². The monoisotopic (exact) mass is 385 g/mol. The van der Waals surface area contributed by atoms with E-state index in [-0.39, 0.29) is 17.6 Å². The van der Waals surface area contributed by atoms with Gasteiger partial charge in [0.05, 0.1) is 5.69 Å². The van der Waals surface area contributed by atoms with E-state index in [0.29, 0.717) is 23.9 Å². The number of carbonyl (C=O) groups excluding carboxylic acids is 1. The number of nitrogens with zero attached hydrogens (tertiary/aromatic N) is 3. The average Bonchev–Trinajstić information content (AvgIpc) is 3.06. The molecule has 1 aromatic heterocycles. The van der Waals surface area contributed by atoms with Gasteiger partial charge in [-0.25, -0.2) is 9.37 Å². The summed E-state index contributed by atoms with van der Waals surface area (Å²) in [5.41, 5.74) is 2.60. The van der Waals surface area contributed by atoms with Gasteiger partial charge in [0.15, 0.2) is 0 Å². The fourth-order valence-corrected chi connectivity index (χ4v) is 4.51. The number of hydrogen-bond donors (Lipinski definition) is 0. The Bertz CT molecular complexity index is 869. The molecule has 0 N–H and O–H groups in total. The van der Waals surface area contributed by atoms with Gasteiger partial charge in [0, 0.05) is 39.1 Å². The molecule has 2 unspecified atom stereocenters. The van der Waals surface area contributed by atoms with Crippen molar-refractivity contribution in [3.05, 3.63) is 52.5 Å². The van der Waals surface area contributed by atoms with Crippen LogP contribution in [0.15, 0.2) is 22.6 Å². The van der Waals surface area contributed by atoms with Crippen molar-refractivity contribution in [2.45, 2.75) is 46.7 Å². The second-order valence-corrected chi connectivity index (χ2v) is 8.59. The molecular weight excluding hydrogens is 357 g/mol. The molecule has 2 aliphatic heterocycles. The van der Waals surface area contributed by atoms with E-state index in [2.05, 4.69) is 23.7 Å². The standard InChI is InChI=1S/C22H28FN3O2/c1-14-8-15(2)11-26(10-14)22(27)21-24-19-13-25(7-6-20(19)28-21)12-17-4-5-18(23)16(3)9-17/h4-5,9,14-15H,6-8,10-13H2,1-3H3. The van der Waals surface area contributed by atoms with Gasteiger partial charge in [-0.3, -0.25) is 9.69 Å². The maximum Gasteiger partial charge on any atom is 0.309 e. The van der Waals surface area contributed by atoms with Crippen LogP contribution in [-0.4, -0.2) is 40.3 Å². The van der Waals surface area contributed by atoms with E-state index in [1.54, 1.807) is 6.92 Å². The van der Waals surface area contributed by atoms with E-state index < -0.39 is 0 Å². The summed E-state index contributed by atoms with van der Waals surface area (Å²) in [5, 5.41) is 0. The number of piperidine rings is 1. The summed E-state index contributed by atoms with van der Waals surface area (Å²) in [6.45, 7) is 9.91. The number of carbonyl (C=O) groups is 1. The lowest BCUT2D eigenvalue weighted by atomic mass is 9.92. The first-order valence-corrected chi connectivity index (χ1v) is 10.1. The fraction of sp³-hybridized carbons (Fsp3) is 0.545. The molecule has 1 amide bonds. The number of amides is 1. The Hall–Kier alpha value is -2.21. The van der Waals surface area contributed by atoms with E-state index in [1.807, 2.05) is 17.0 Å². The lowest BCUT2D eigenvalue weighted by Gasteiger charge is -2.34. The van der Waals surface area contributed by atoms with Crippen LogP contribution in [0.3, 0.4) is 0 Å². The third-order valence-corrected chi connectivity index (χ3v) is 5.77. The van der Waals surface area contributed by atoms with Crippen molar-refractivity contribution < 1.29 is 13.6 Å². The lowest BCUT2D eigenvalue weighted by Crippen LogP contribution is -2.42. The molecule has 1 saturated heterocycles. The first kappa shape index (κ1) is 19.1. The number of oxazole rings is 1. The van der Waals surface area contributed by atoms with Gasteiger partial charge >= 0.3 is 5.91 Å². The molecule has 0 saturated carbocycles. The van der Waals surface area contributed by atoms with Crippen LogP contribution < -0.4 is 0 Å². The molecule has 150 valence electrons. The Morgan fingerprint density at radius 1 is 1.29 bits per heavy atom. The van der Waals surface area contributed by atoms with Crippen molar-refractivity contribution in [2.75, 3.05) is 19.6 Å². The number of benzene rings is 1. The molecule has 6 heteroatoms. The number of hydrogen-bond acceptors (Lipinski definition) is 4. The van der Waals surface area contributed by atoms with Crippen LogP contribution >= 0.6 is 0 Å². The Morgan fingerprint density at radius 3 is 2.75 bits per heavy atom. The van der Waals surface area contributed by atoms with Gasteiger partial charge in [-0.2, -0.15) is 0 Å². The summed E-state index contributed by atoms with van der Waals surface area (Å²) in [7, 11) is 0. The summed E-state index contributed by atoms with van der Waals surface area (Å²) in [5.74, 6) is 1.80. The minimum absolute atomic E-state index is 0.0893. The second kappa shape index (κ2) is 7.66. The molecule has 2 atom stereocenters. The molecule has 28 heavy (non-hydrogen) atoms. The molecule has 4 rings (SSSR count). The number of halogens is 1. The smallest absolute Gasteiger partial charge is 0.309 e. The van der Waals surface area contributed by atoms with Gasteiger partial charge in [-0.15, -0.1) is 0 Å². The van der Waals surface area contributed by atoms with E-state index in [1.165, 1.54) is 6.07 Å². The lowest BCUT2D eigenvalue weighted by molar-refractivity contribution is 0.0581. The third-order valence-electron chi connectivity index (χ3n) is 5.77. The Kier molecular flexibility index (Phi) is 5.23. The zero-order valence-electron chi connectivity index (χ0n) is 16.9. The highest BCUT2D eigenvalue weighted by atomic mass is 19.1. The SMILES string of the molecule is Cc1cc(CN2CCc3oc(C(=O)N4CC(C)CC(C)C4)nc3C2)ccc1F. The summed E-state index contributed by atoms with van der Waals surface area (Å²) < 4.78 is 19.3. The zero-order valence-corrected chi connectivity index (χ0v) is 16.9. The molecule has 2 aromatic rings. The van der Waals surface area contributed by atoms with E-state index in [9.17, 15) is 9.18 Å². The van der Waals surface area contributed by atoms with Crippen LogP contribution in [0.5, 0.6) is 0 Å². The van der Waals surface area contributed by atoms with E-state index in [0.717, 1.165) is 56.0 Å². The molecule has 1 fully saturated rings. The Balaban J connectivity index is 1.44. The van der Waals surface area contributed by atoms with Crippen LogP contribution in [0.1, 0.15) is 53.5 Å². The topological polar surface area (TPSA) is 49.6 Å². The molecule has 3 heterocycles. The van der Waals surface area contributed by atoms with Gasteiger partial charge in [0.25, 0.3) is 5.89 Å². The highest BCUT2D eigenvalue weighted by Crippen LogP contribution is 2.25. The van der Waals surface area contributed by atoms with Gasteiger partial charge in [0.2, 0.25) is 0 Å². The minimum atomic E-state index is -0.175. The fourth-order valence-electron chi connectivity index (χ4n) is 4.51. The summed E-state index contributed by atoms with van der Waals surface area (Å²) in [4.78, 5) is 21.6. The van der Waals surface area contributed by atoms with Crippen LogP contribution in [0.4, 0.5) is 4.39 Å². The Morgan fingerprint density at radius 2 is 2.04 bits per heavy atom. The Labute approximate surface area is 165 Å². The first-order chi connectivity index (χ1) is 13.4. The number of aryl methyl sites for hydroxylation is 1. The van der Waals surface area contributed by atoms with Crippen LogP contribution in [0, 0.1) is 24.6 Å². The molecule has 0 bridgehead atoms. The van der Waals surface area contributed by atoms with Gasteiger partial charge < -0.3 is 9.32 Å². The maximum absolute atomic E-state index is 13.5. The largest absolute Gasteiger partial charge is 0.437 e. The van der Waals surface area contributed by atoms with Crippen LogP contribution in [0.25, 0.3) is 0 Å². The molecule has 2 aliphatic rings. The molecule has 0 spiro atoms. The van der Waals surface area contributed by atoms with Crippen molar-refractivity contribution in [2.24, 2.45) is 11.8 Å². The summed E-state index contributed by atoms with van der Waals surface area (Å²) in [6.07, 6.45) is 1.90. The molecule has 1 aromatic carbocycles. The van der Waals surface area contributed by atoms with E-state index >= 15 is 0 Å². The van der Waals surface area contributed by atoms with Crippen molar-refractivity contribution in [1.82, 2.24) is 14.8 Å². The number of aromatic nitrogens is 1. The number of fused-ring (bicyclic) bond motifs is 1. The maximum atomic E-state index is 13.5. The molecule has 0 aliphatic carbocycles.